The molecule has 15 heavy (non-hydrogen) atoms. The monoisotopic (exact) mass is 232 g/mol. The average Bonchev–Trinajstić information content (AvgIpc) is 2.79. The molecule has 0 N–H and O–H groups in total. The van der Waals surface area contributed by atoms with Crippen LogP contribution in [0.3, 0.4) is 0 Å². The lowest BCUT2D eigenvalue weighted by Gasteiger charge is -2.28. The van der Waals surface area contributed by atoms with Crippen LogP contribution in [0.15, 0.2) is 0 Å². The standard InChI is InChI=1S/C10H16O4S/c1-2-14-9(11)10(6-7-10)15(12,13)8-4-3-5-8/h8H,2-7H2,1H3. The van der Waals surface area contributed by atoms with Gasteiger partial charge in [0.25, 0.3) is 0 Å². The summed E-state index contributed by atoms with van der Waals surface area (Å²) in [5, 5.41) is -0.288. The predicted molar refractivity (Wildman–Crippen MR) is 55.2 cm³/mol. The zero-order chi connectivity index (χ0) is 11.1. The Hall–Kier alpha value is -0.580. The molecular weight excluding hydrogens is 216 g/mol. The largest absolute Gasteiger partial charge is 0.465 e. The van der Waals surface area contributed by atoms with Gasteiger partial charge >= 0.3 is 5.97 Å². The Morgan fingerprint density at radius 3 is 2.33 bits per heavy atom. The van der Waals surface area contributed by atoms with Crippen molar-refractivity contribution in [2.75, 3.05) is 6.61 Å². The van der Waals surface area contributed by atoms with Gasteiger partial charge in [-0.3, -0.25) is 4.79 Å². The van der Waals surface area contributed by atoms with Crippen LogP contribution in [0.25, 0.3) is 0 Å². The molecule has 86 valence electrons. The second-order valence-corrected chi connectivity index (χ2v) is 6.85. The van der Waals surface area contributed by atoms with E-state index >= 15 is 0 Å². The van der Waals surface area contributed by atoms with Crippen LogP contribution in [0, 0.1) is 0 Å². The van der Waals surface area contributed by atoms with Crippen molar-refractivity contribution in [3.05, 3.63) is 0 Å². The lowest BCUT2D eigenvalue weighted by molar-refractivity contribution is -0.143. The van der Waals surface area contributed by atoms with Crippen LogP contribution in [0.2, 0.25) is 0 Å². The van der Waals surface area contributed by atoms with E-state index in [4.69, 9.17) is 4.74 Å². The molecule has 2 aliphatic carbocycles. The van der Waals surface area contributed by atoms with Gasteiger partial charge in [-0.1, -0.05) is 6.42 Å². The van der Waals surface area contributed by atoms with E-state index in [0.717, 1.165) is 6.42 Å². The molecule has 0 amide bonds. The van der Waals surface area contributed by atoms with Gasteiger partial charge in [0, 0.05) is 0 Å². The molecule has 0 aromatic rings. The van der Waals surface area contributed by atoms with Crippen LogP contribution in [-0.2, 0) is 19.4 Å². The van der Waals surface area contributed by atoms with Crippen molar-refractivity contribution in [1.29, 1.82) is 0 Å². The Labute approximate surface area is 89.9 Å². The Morgan fingerprint density at radius 1 is 1.40 bits per heavy atom. The molecule has 0 aliphatic heterocycles. The highest BCUT2D eigenvalue weighted by Gasteiger charge is 2.64. The van der Waals surface area contributed by atoms with Gasteiger partial charge < -0.3 is 4.74 Å². The van der Waals surface area contributed by atoms with E-state index in [9.17, 15) is 13.2 Å². The van der Waals surface area contributed by atoms with Crippen molar-refractivity contribution in [3.63, 3.8) is 0 Å². The smallest absolute Gasteiger partial charge is 0.327 e. The van der Waals surface area contributed by atoms with E-state index in [-0.39, 0.29) is 11.9 Å². The molecule has 2 fully saturated rings. The maximum Gasteiger partial charge on any atom is 0.327 e. The number of hydrogen-bond donors (Lipinski definition) is 0. The van der Waals surface area contributed by atoms with Crippen LogP contribution in [0.1, 0.15) is 39.0 Å². The molecule has 0 aromatic heterocycles. The molecule has 4 nitrogen and oxygen atoms in total. The summed E-state index contributed by atoms with van der Waals surface area (Å²) < 4.78 is 27.9. The molecule has 0 heterocycles. The zero-order valence-corrected chi connectivity index (χ0v) is 9.68. The summed E-state index contributed by atoms with van der Waals surface area (Å²) in [6, 6.07) is 0. The fourth-order valence-electron chi connectivity index (χ4n) is 1.98. The number of hydrogen-bond acceptors (Lipinski definition) is 4. The topological polar surface area (TPSA) is 60.4 Å². The van der Waals surface area contributed by atoms with Crippen molar-refractivity contribution >= 4 is 15.8 Å². The predicted octanol–water partition coefficient (Wildman–Crippen LogP) is 1.05. The summed E-state index contributed by atoms with van der Waals surface area (Å²) in [5.74, 6) is -0.531. The highest BCUT2D eigenvalue weighted by Crippen LogP contribution is 2.49. The maximum absolute atomic E-state index is 12.1. The summed E-state index contributed by atoms with van der Waals surface area (Å²) in [6.07, 6.45) is 3.28. The number of carbonyl (C=O) groups is 1. The van der Waals surface area contributed by atoms with Crippen molar-refractivity contribution < 1.29 is 17.9 Å². The molecule has 0 bridgehead atoms. The summed E-state index contributed by atoms with van der Waals surface area (Å²) >= 11 is 0. The van der Waals surface area contributed by atoms with Crippen LogP contribution in [0.4, 0.5) is 0 Å². The molecule has 0 spiro atoms. The molecule has 0 aromatic carbocycles. The van der Waals surface area contributed by atoms with E-state index < -0.39 is 20.6 Å². The van der Waals surface area contributed by atoms with Gasteiger partial charge in [0.2, 0.25) is 0 Å². The number of esters is 1. The van der Waals surface area contributed by atoms with Crippen molar-refractivity contribution in [2.45, 2.75) is 49.0 Å². The first kappa shape index (κ1) is 10.9. The molecule has 0 saturated heterocycles. The van der Waals surface area contributed by atoms with Crippen LogP contribution in [-0.4, -0.2) is 31.0 Å². The highest BCUT2D eigenvalue weighted by atomic mass is 32.2. The highest BCUT2D eigenvalue weighted by molar-refractivity contribution is 7.94. The van der Waals surface area contributed by atoms with Crippen LogP contribution < -0.4 is 0 Å². The quantitative estimate of drug-likeness (QED) is 0.680. The Bertz CT molecular complexity index is 363. The first-order valence-electron chi connectivity index (χ1n) is 5.45. The number of ether oxygens (including phenoxy) is 1. The summed E-state index contributed by atoms with van der Waals surface area (Å²) in [4.78, 5) is 11.6. The second kappa shape index (κ2) is 3.47. The number of rotatable bonds is 4. The van der Waals surface area contributed by atoms with E-state index in [1.54, 1.807) is 6.92 Å². The van der Waals surface area contributed by atoms with Crippen molar-refractivity contribution in [3.8, 4) is 0 Å². The summed E-state index contributed by atoms with van der Waals surface area (Å²) in [6.45, 7) is 1.95. The van der Waals surface area contributed by atoms with Gasteiger partial charge in [-0.2, -0.15) is 0 Å². The number of sulfone groups is 1. The van der Waals surface area contributed by atoms with Crippen molar-refractivity contribution in [1.82, 2.24) is 0 Å². The summed E-state index contributed by atoms with van der Waals surface area (Å²) in [7, 11) is -3.29. The molecule has 0 atom stereocenters. The molecular formula is C10H16O4S. The molecule has 2 rings (SSSR count). The molecule has 2 aliphatic rings. The fraction of sp³-hybridized carbons (Fsp3) is 0.900. The van der Waals surface area contributed by atoms with E-state index in [1.165, 1.54) is 0 Å². The Kier molecular flexibility index (Phi) is 2.53. The SMILES string of the molecule is CCOC(=O)C1(S(=O)(=O)C2CCC2)CC1. The zero-order valence-electron chi connectivity index (χ0n) is 8.86. The minimum Gasteiger partial charge on any atom is -0.465 e. The van der Waals surface area contributed by atoms with Gasteiger partial charge in [-0.15, -0.1) is 0 Å². The van der Waals surface area contributed by atoms with Crippen LogP contribution in [0.5, 0.6) is 0 Å². The second-order valence-electron chi connectivity index (χ2n) is 4.31. The molecule has 0 unspecified atom stereocenters. The molecule has 5 heteroatoms. The lowest BCUT2D eigenvalue weighted by Crippen LogP contribution is -2.43. The van der Waals surface area contributed by atoms with Gasteiger partial charge in [0.05, 0.1) is 11.9 Å². The van der Waals surface area contributed by atoms with E-state index in [1.807, 2.05) is 0 Å². The Balaban J connectivity index is 2.18. The maximum atomic E-state index is 12.1. The minimum absolute atomic E-state index is 0.251. The Morgan fingerprint density at radius 2 is 2.00 bits per heavy atom. The van der Waals surface area contributed by atoms with Gasteiger partial charge in [-0.05, 0) is 32.6 Å². The third-order valence-electron chi connectivity index (χ3n) is 3.39. The summed E-state index contributed by atoms with van der Waals surface area (Å²) in [5.41, 5.74) is 0. The van der Waals surface area contributed by atoms with E-state index in [2.05, 4.69) is 0 Å². The van der Waals surface area contributed by atoms with Crippen molar-refractivity contribution in [2.24, 2.45) is 0 Å². The first-order chi connectivity index (χ1) is 7.04. The number of carbonyl (C=O) groups excluding carboxylic acids is 1. The lowest BCUT2D eigenvalue weighted by atomic mass is 10.00. The molecule has 0 radical (unpaired) electrons. The third kappa shape index (κ3) is 1.48. The minimum atomic E-state index is -3.29. The first-order valence-corrected chi connectivity index (χ1v) is 7.00. The van der Waals surface area contributed by atoms with Gasteiger partial charge in [-0.25, -0.2) is 8.42 Å². The van der Waals surface area contributed by atoms with E-state index in [0.29, 0.717) is 25.7 Å². The molecule has 2 saturated carbocycles. The average molecular weight is 232 g/mol. The van der Waals surface area contributed by atoms with Gasteiger partial charge in [0.1, 0.15) is 0 Å². The fourth-order valence-corrected chi connectivity index (χ4v) is 4.54. The normalized spacial score (nSPS) is 24.3. The van der Waals surface area contributed by atoms with Crippen LogP contribution >= 0.6 is 0 Å². The third-order valence-corrected chi connectivity index (χ3v) is 6.40. The van der Waals surface area contributed by atoms with Gasteiger partial charge in [0.15, 0.2) is 14.6 Å².